The summed E-state index contributed by atoms with van der Waals surface area (Å²) in [6, 6.07) is 6.30. The zero-order valence-corrected chi connectivity index (χ0v) is 10.3. The monoisotopic (exact) mass is 252 g/mol. The van der Waals surface area contributed by atoms with E-state index in [9.17, 15) is 9.18 Å². The van der Waals surface area contributed by atoms with Crippen LogP contribution < -0.4 is 5.73 Å². The third-order valence-corrected chi connectivity index (χ3v) is 3.66. The van der Waals surface area contributed by atoms with Gasteiger partial charge in [-0.25, -0.2) is 4.39 Å². The van der Waals surface area contributed by atoms with E-state index in [-0.39, 0.29) is 11.9 Å². The number of likely N-dealkylation sites (tertiary alicyclic amines) is 1. The summed E-state index contributed by atoms with van der Waals surface area (Å²) >= 11 is 0. The largest absolute Gasteiger partial charge is 0.480 e. The Bertz CT molecular complexity index is 449. The molecule has 0 saturated carbocycles. The van der Waals surface area contributed by atoms with Gasteiger partial charge in [0.05, 0.1) is 0 Å². The average molecular weight is 252 g/mol. The highest BCUT2D eigenvalue weighted by Gasteiger charge is 2.42. The number of carboxylic acids is 1. The Morgan fingerprint density at radius 1 is 1.50 bits per heavy atom. The summed E-state index contributed by atoms with van der Waals surface area (Å²) in [6.45, 7) is 2.93. The van der Waals surface area contributed by atoms with Gasteiger partial charge in [0.1, 0.15) is 11.4 Å². The number of nitrogens with two attached hydrogens (primary N) is 1. The summed E-state index contributed by atoms with van der Waals surface area (Å²) in [5, 5.41) is 9.08. The van der Waals surface area contributed by atoms with Gasteiger partial charge in [-0.2, -0.15) is 0 Å². The Balaban J connectivity index is 2.10. The van der Waals surface area contributed by atoms with E-state index in [1.165, 1.54) is 12.1 Å². The van der Waals surface area contributed by atoms with Crippen LogP contribution in [0.5, 0.6) is 0 Å². The first-order chi connectivity index (χ1) is 8.42. The van der Waals surface area contributed by atoms with Gasteiger partial charge >= 0.3 is 5.97 Å². The molecule has 0 radical (unpaired) electrons. The zero-order chi connectivity index (χ0) is 13.3. The molecule has 5 heteroatoms. The molecule has 0 aromatic heterocycles. The summed E-state index contributed by atoms with van der Waals surface area (Å²) in [6.07, 6.45) is 0.438. The van der Waals surface area contributed by atoms with Crippen molar-refractivity contribution in [1.82, 2.24) is 4.90 Å². The highest BCUT2D eigenvalue weighted by Crippen LogP contribution is 2.28. The molecule has 0 bridgehead atoms. The van der Waals surface area contributed by atoms with Gasteiger partial charge in [-0.3, -0.25) is 9.69 Å². The normalized spacial score (nSPS) is 26.2. The summed E-state index contributed by atoms with van der Waals surface area (Å²) in [5.41, 5.74) is 5.64. The molecule has 98 valence electrons. The number of nitrogens with zero attached hydrogens (tertiary/aromatic N) is 1. The second-order valence-corrected chi connectivity index (χ2v) is 4.91. The molecule has 1 heterocycles. The maximum absolute atomic E-state index is 12.8. The lowest BCUT2D eigenvalue weighted by Crippen LogP contribution is -2.50. The molecule has 0 amide bonds. The van der Waals surface area contributed by atoms with Gasteiger partial charge in [-0.15, -0.1) is 0 Å². The lowest BCUT2D eigenvalue weighted by molar-refractivity contribution is -0.142. The van der Waals surface area contributed by atoms with Crippen molar-refractivity contribution in [2.45, 2.75) is 24.9 Å². The molecule has 18 heavy (non-hydrogen) atoms. The van der Waals surface area contributed by atoms with Gasteiger partial charge in [0.2, 0.25) is 0 Å². The Morgan fingerprint density at radius 3 is 2.61 bits per heavy atom. The van der Waals surface area contributed by atoms with Crippen LogP contribution in [0.2, 0.25) is 0 Å². The summed E-state index contributed by atoms with van der Waals surface area (Å²) in [7, 11) is 0. The molecule has 3 N–H and O–H groups in total. The molecule has 2 atom stereocenters. The van der Waals surface area contributed by atoms with Crippen molar-refractivity contribution in [3.05, 3.63) is 35.6 Å². The minimum absolute atomic E-state index is 0.0374. The molecule has 1 aromatic carbocycles. The molecule has 1 aliphatic rings. The standard InChI is InChI=1S/C13H17FN2O2/c1-9(10-2-4-11(14)5-3-10)16-7-6-13(15,8-16)12(17)18/h2-5,9H,6-8,15H2,1H3,(H,17,18). The van der Waals surface area contributed by atoms with Crippen molar-refractivity contribution in [1.29, 1.82) is 0 Å². The van der Waals surface area contributed by atoms with Crippen molar-refractivity contribution in [3.63, 3.8) is 0 Å². The van der Waals surface area contributed by atoms with E-state index in [4.69, 9.17) is 10.8 Å². The summed E-state index contributed by atoms with van der Waals surface area (Å²) < 4.78 is 12.8. The molecule has 1 aromatic rings. The van der Waals surface area contributed by atoms with Crippen LogP contribution in [0.15, 0.2) is 24.3 Å². The van der Waals surface area contributed by atoms with E-state index < -0.39 is 11.5 Å². The Morgan fingerprint density at radius 2 is 2.11 bits per heavy atom. The van der Waals surface area contributed by atoms with Gasteiger partial charge in [0.25, 0.3) is 0 Å². The Labute approximate surface area is 105 Å². The third kappa shape index (κ3) is 2.37. The third-order valence-electron chi connectivity index (χ3n) is 3.66. The van der Waals surface area contributed by atoms with Gasteiger partial charge < -0.3 is 10.8 Å². The topological polar surface area (TPSA) is 66.6 Å². The van der Waals surface area contributed by atoms with Gasteiger partial charge in [0.15, 0.2) is 0 Å². The van der Waals surface area contributed by atoms with Crippen LogP contribution in [0.3, 0.4) is 0 Å². The fourth-order valence-electron chi connectivity index (χ4n) is 2.32. The van der Waals surface area contributed by atoms with Gasteiger partial charge in [-0.1, -0.05) is 12.1 Å². The molecule has 1 saturated heterocycles. The zero-order valence-electron chi connectivity index (χ0n) is 10.3. The second-order valence-electron chi connectivity index (χ2n) is 4.91. The Kier molecular flexibility index (Phi) is 3.36. The van der Waals surface area contributed by atoms with E-state index in [0.717, 1.165) is 5.56 Å². The number of hydrogen-bond acceptors (Lipinski definition) is 3. The van der Waals surface area contributed by atoms with Crippen molar-refractivity contribution in [2.24, 2.45) is 5.73 Å². The van der Waals surface area contributed by atoms with E-state index in [0.29, 0.717) is 19.5 Å². The minimum atomic E-state index is -1.16. The van der Waals surface area contributed by atoms with Crippen molar-refractivity contribution < 1.29 is 14.3 Å². The molecule has 2 rings (SSSR count). The van der Waals surface area contributed by atoms with Crippen LogP contribution >= 0.6 is 0 Å². The molecule has 1 fully saturated rings. The van der Waals surface area contributed by atoms with Crippen molar-refractivity contribution in [2.75, 3.05) is 13.1 Å². The van der Waals surface area contributed by atoms with E-state index in [1.54, 1.807) is 12.1 Å². The average Bonchev–Trinajstić information content (AvgIpc) is 2.73. The molecular weight excluding hydrogens is 235 g/mol. The molecular formula is C13H17FN2O2. The first-order valence-electron chi connectivity index (χ1n) is 5.94. The van der Waals surface area contributed by atoms with Crippen LogP contribution in [0.4, 0.5) is 4.39 Å². The SMILES string of the molecule is CC(c1ccc(F)cc1)N1CCC(N)(C(=O)O)C1. The smallest absolute Gasteiger partial charge is 0.325 e. The lowest BCUT2D eigenvalue weighted by Gasteiger charge is -2.26. The van der Waals surface area contributed by atoms with Crippen LogP contribution in [0.1, 0.15) is 24.9 Å². The van der Waals surface area contributed by atoms with Crippen molar-refractivity contribution >= 4 is 5.97 Å². The number of rotatable bonds is 3. The first-order valence-corrected chi connectivity index (χ1v) is 5.94. The lowest BCUT2D eigenvalue weighted by atomic mass is 10.0. The highest BCUT2D eigenvalue weighted by molar-refractivity contribution is 5.79. The van der Waals surface area contributed by atoms with Crippen molar-refractivity contribution in [3.8, 4) is 0 Å². The number of halogens is 1. The quantitative estimate of drug-likeness (QED) is 0.852. The summed E-state index contributed by atoms with van der Waals surface area (Å²) in [5.74, 6) is -1.23. The number of hydrogen-bond donors (Lipinski definition) is 2. The maximum Gasteiger partial charge on any atom is 0.325 e. The number of carbonyl (C=O) groups is 1. The van der Waals surface area contributed by atoms with Crippen LogP contribution in [0, 0.1) is 5.82 Å². The second kappa shape index (κ2) is 4.66. The molecule has 2 unspecified atom stereocenters. The predicted molar refractivity (Wildman–Crippen MR) is 65.6 cm³/mol. The van der Waals surface area contributed by atoms with Crippen LogP contribution in [0.25, 0.3) is 0 Å². The molecule has 1 aliphatic heterocycles. The van der Waals surface area contributed by atoms with Gasteiger partial charge in [0, 0.05) is 19.1 Å². The molecule has 4 nitrogen and oxygen atoms in total. The highest BCUT2D eigenvalue weighted by atomic mass is 19.1. The summed E-state index contributed by atoms with van der Waals surface area (Å²) in [4.78, 5) is 13.1. The molecule has 0 spiro atoms. The number of carboxylic acid groups (broad SMARTS) is 1. The maximum atomic E-state index is 12.8. The Hall–Kier alpha value is -1.46. The van der Waals surface area contributed by atoms with E-state index in [2.05, 4.69) is 0 Å². The van der Waals surface area contributed by atoms with E-state index in [1.807, 2.05) is 11.8 Å². The fourth-order valence-corrected chi connectivity index (χ4v) is 2.32. The van der Waals surface area contributed by atoms with Gasteiger partial charge in [-0.05, 0) is 31.0 Å². The minimum Gasteiger partial charge on any atom is -0.480 e. The first kappa shape index (κ1) is 13.0. The van der Waals surface area contributed by atoms with E-state index >= 15 is 0 Å². The number of aliphatic carboxylic acids is 1. The number of benzene rings is 1. The van der Waals surface area contributed by atoms with Crippen LogP contribution in [-0.4, -0.2) is 34.6 Å². The predicted octanol–water partition coefficient (Wildman–Crippen LogP) is 1.37. The fraction of sp³-hybridized carbons (Fsp3) is 0.462. The van der Waals surface area contributed by atoms with Crippen LogP contribution in [-0.2, 0) is 4.79 Å². The molecule has 0 aliphatic carbocycles.